The number of oxazole rings is 1. The molecule has 0 radical (unpaired) electrons. The molecule has 2 aromatic rings. The van der Waals surface area contributed by atoms with Crippen molar-refractivity contribution < 1.29 is 9.15 Å². The molecule has 4 heteroatoms. The summed E-state index contributed by atoms with van der Waals surface area (Å²) in [7, 11) is 0. The van der Waals surface area contributed by atoms with E-state index >= 15 is 0 Å². The van der Waals surface area contributed by atoms with Crippen LogP contribution >= 0.6 is 0 Å². The fourth-order valence-electron chi connectivity index (χ4n) is 0.769. The van der Waals surface area contributed by atoms with Crippen LogP contribution in [-0.4, -0.2) is 9.97 Å². The highest BCUT2D eigenvalue weighted by molar-refractivity contribution is 5.18. The van der Waals surface area contributed by atoms with Gasteiger partial charge in [-0.3, -0.25) is 4.98 Å². The average Bonchev–Trinajstić information content (AvgIpc) is 2.59. The van der Waals surface area contributed by atoms with Gasteiger partial charge in [0.15, 0.2) is 5.75 Å². The minimum absolute atomic E-state index is 0.225. The topological polar surface area (TPSA) is 48.2 Å². The highest BCUT2D eigenvalue weighted by atomic mass is 16.6. The zero-order chi connectivity index (χ0) is 8.23. The van der Waals surface area contributed by atoms with E-state index < -0.39 is 0 Å². The molecule has 0 aromatic carbocycles. The summed E-state index contributed by atoms with van der Waals surface area (Å²) in [6.07, 6.45) is 6.45. The van der Waals surface area contributed by atoms with Crippen molar-refractivity contribution in [2.24, 2.45) is 0 Å². The molecule has 0 spiro atoms. The molecule has 12 heavy (non-hydrogen) atoms. The van der Waals surface area contributed by atoms with Gasteiger partial charge >= 0.3 is 6.08 Å². The van der Waals surface area contributed by atoms with Gasteiger partial charge in [0.2, 0.25) is 0 Å². The van der Waals surface area contributed by atoms with Crippen LogP contribution in [0.2, 0.25) is 0 Å². The van der Waals surface area contributed by atoms with E-state index in [1.807, 2.05) is 0 Å². The van der Waals surface area contributed by atoms with Crippen molar-refractivity contribution in [2.75, 3.05) is 0 Å². The average molecular weight is 162 g/mol. The number of ether oxygens (including phenoxy) is 1. The highest BCUT2D eigenvalue weighted by Gasteiger charge is 1.98. The molecular weight excluding hydrogens is 156 g/mol. The van der Waals surface area contributed by atoms with Gasteiger partial charge in [-0.2, -0.15) is 4.98 Å². The van der Waals surface area contributed by atoms with E-state index in [9.17, 15) is 0 Å². The fraction of sp³-hybridized carbons (Fsp3) is 0. The Morgan fingerprint density at radius 1 is 1.33 bits per heavy atom. The molecule has 0 saturated heterocycles. The van der Waals surface area contributed by atoms with Crippen LogP contribution in [0.25, 0.3) is 0 Å². The van der Waals surface area contributed by atoms with Gasteiger partial charge in [-0.05, 0) is 12.1 Å². The van der Waals surface area contributed by atoms with E-state index in [1.54, 1.807) is 24.5 Å². The standard InChI is InChI=1S/C8H6N2O2/c1-2-7(6-9-3-1)12-8-10-4-5-11-8/h1-6H. The molecule has 4 nitrogen and oxygen atoms in total. The Hall–Kier alpha value is -1.84. The number of rotatable bonds is 2. The van der Waals surface area contributed by atoms with E-state index in [4.69, 9.17) is 9.15 Å². The molecule has 0 bridgehead atoms. The molecule has 0 N–H and O–H groups in total. The second kappa shape index (κ2) is 3.04. The van der Waals surface area contributed by atoms with Gasteiger partial charge in [0.05, 0.1) is 12.4 Å². The second-order valence-corrected chi connectivity index (χ2v) is 2.09. The molecule has 0 amide bonds. The van der Waals surface area contributed by atoms with Crippen LogP contribution in [0.4, 0.5) is 0 Å². The lowest BCUT2D eigenvalue weighted by Crippen LogP contribution is -1.83. The number of pyridine rings is 1. The Kier molecular flexibility index (Phi) is 1.74. The molecule has 60 valence electrons. The zero-order valence-electron chi connectivity index (χ0n) is 6.18. The maximum absolute atomic E-state index is 5.18. The van der Waals surface area contributed by atoms with Crippen LogP contribution in [0, 0.1) is 0 Å². The smallest absolute Gasteiger partial charge is 0.399 e. The third-order valence-electron chi connectivity index (χ3n) is 1.25. The van der Waals surface area contributed by atoms with E-state index in [-0.39, 0.29) is 6.08 Å². The molecular formula is C8H6N2O2. The summed E-state index contributed by atoms with van der Waals surface area (Å²) in [6.45, 7) is 0. The van der Waals surface area contributed by atoms with Crippen molar-refractivity contribution >= 4 is 0 Å². The number of hydrogen-bond donors (Lipinski definition) is 0. The Morgan fingerprint density at radius 2 is 2.33 bits per heavy atom. The van der Waals surface area contributed by atoms with Gasteiger partial charge in [0, 0.05) is 6.20 Å². The number of hydrogen-bond acceptors (Lipinski definition) is 4. The lowest BCUT2D eigenvalue weighted by Gasteiger charge is -1.96. The Labute approximate surface area is 68.8 Å². The van der Waals surface area contributed by atoms with E-state index in [0.717, 1.165) is 0 Å². The summed E-state index contributed by atoms with van der Waals surface area (Å²) in [5.41, 5.74) is 0. The predicted octanol–water partition coefficient (Wildman–Crippen LogP) is 1.86. The molecule has 0 unspecified atom stereocenters. The van der Waals surface area contributed by atoms with Gasteiger partial charge in [-0.15, -0.1) is 0 Å². The molecule has 2 aromatic heterocycles. The molecule has 2 rings (SSSR count). The zero-order valence-corrected chi connectivity index (χ0v) is 6.18. The van der Waals surface area contributed by atoms with Crippen molar-refractivity contribution in [3.8, 4) is 11.8 Å². The van der Waals surface area contributed by atoms with Crippen molar-refractivity contribution in [1.29, 1.82) is 0 Å². The number of aromatic nitrogens is 2. The summed E-state index contributed by atoms with van der Waals surface area (Å²) in [5.74, 6) is 0.611. The van der Waals surface area contributed by atoms with Crippen LogP contribution in [-0.2, 0) is 0 Å². The van der Waals surface area contributed by atoms with E-state index in [2.05, 4.69) is 9.97 Å². The van der Waals surface area contributed by atoms with Gasteiger partial charge in [-0.25, -0.2) is 0 Å². The van der Waals surface area contributed by atoms with Gasteiger partial charge in [-0.1, -0.05) is 0 Å². The maximum atomic E-state index is 5.18. The van der Waals surface area contributed by atoms with Gasteiger partial charge in [0.25, 0.3) is 0 Å². The predicted molar refractivity (Wildman–Crippen MR) is 40.8 cm³/mol. The van der Waals surface area contributed by atoms with E-state index in [1.165, 1.54) is 12.5 Å². The van der Waals surface area contributed by atoms with Crippen LogP contribution in [0.15, 0.2) is 41.4 Å². The summed E-state index contributed by atoms with van der Waals surface area (Å²) < 4.78 is 10.1. The molecule has 0 saturated carbocycles. The van der Waals surface area contributed by atoms with Crippen molar-refractivity contribution in [3.05, 3.63) is 37.0 Å². The first-order valence-electron chi connectivity index (χ1n) is 3.42. The normalized spacial score (nSPS) is 9.67. The van der Waals surface area contributed by atoms with E-state index in [0.29, 0.717) is 5.75 Å². The molecule has 0 aliphatic heterocycles. The second-order valence-electron chi connectivity index (χ2n) is 2.09. The minimum atomic E-state index is 0.225. The van der Waals surface area contributed by atoms with Crippen molar-refractivity contribution in [3.63, 3.8) is 0 Å². The highest BCUT2D eigenvalue weighted by Crippen LogP contribution is 2.16. The lowest BCUT2D eigenvalue weighted by atomic mass is 10.5. The monoisotopic (exact) mass is 162 g/mol. The van der Waals surface area contributed by atoms with Crippen LogP contribution in [0.3, 0.4) is 0 Å². The molecule has 0 aliphatic rings. The molecule has 0 atom stereocenters. The van der Waals surface area contributed by atoms with Crippen LogP contribution in [0.5, 0.6) is 11.8 Å². The fourth-order valence-corrected chi connectivity index (χ4v) is 0.769. The lowest BCUT2D eigenvalue weighted by molar-refractivity contribution is 0.330. The first-order valence-corrected chi connectivity index (χ1v) is 3.42. The first-order chi connectivity index (χ1) is 5.95. The van der Waals surface area contributed by atoms with Crippen LogP contribution in [0.1, 0.15) is 0 Å². The van der Waals surface area contributed by atoms with Gasteiger partial charge in [0.1, 0.15) is 6.26 Å². The Morgan fingerprint density at radius 3 is 3.00 bits per heavy atom. The summed E-state index contributed by atoms with van der Waals surface area (Å²) in [4.78, 5) is 7.67. The third-order valence-corrected chi connectivity index (χ3v) is 1.25. The Balaban J connectivity index is 2.15. The molecule has 0 aliphatic carbocycles. The quantitative estimate of drug-likeness (QED) is 0.676. The Bertz CT molecular complexity index is 331. The van der Waals surface area contributed by atoms with Gasteiger partial charge < -0.3 is 9.15 Å². The third kappa shape index (κ3) is 1.42. The molecule has 2 heterocycles. The summed E-state index contributed by atoms with van der Waals surface area (Å²) in [6, 6.07) is 3.55. The summed E-state index contributed by atoms with van der Waals surface area (Å²) in [5, 5.41) is 0. The summed E-state index contributed by atoms with van der Waals surface area (Å²) >= 11 is 0. The van der Waals surface area contributed by atoms with Crippen LogP contribution < -0.4 is 4.74 Å². The molecule has 0 fully saturated rings. The largest absolute Gasteiger partial charge is 0.417 e. The first kappa shape index (κ1) is 6.84. The minimum Gasteiger partial charge on any atom is -0.417 e. The maximum Gasteiger partial charge on any atom is 0.399 e. The number of nitrogens with zero attached hydrogens (tertiary/aromatic N) is 2. The van der Waals surface area contributed by atoms with Crippen molar-refractivity contribution in [1.82, 2.24) is 9.97 Å². The van der Waals surface area contributed by atoms with Crippen molar-refractivity contribution in [2.45, 2.75) is 0 Å². The SMILES string of the molecule is c1cncc(Oc2ncco2)c1.